The zero-order valence-electron chi connectivity index (χ0n) is 25.3. The molecule has 0 unspecified atom stereocenters. The molecule has 222 valence electrons. The molecule has 0 saturated carbocycles. The van der Waals surface area contributed by atoms with Gasteiger partial charge in [-0.25, -0.2) is 0 Å². The van der Waals surface area contributed by atoms with Crippen LogP contribution in [0.5, 0.6) is 11.5 Å². The lowest BCUT2D eigenvalue weighted by Crippen LogP contribution is -2.56. The van der Waals surface area contributed by atoms with E-state index in [1.165, 1.54) is 26.4 Å². The van der Waals surface area contributed by atoms with Gasteiger partial charge in [-0.15, -0.1) is 0 Å². The second-order valence-corrected chi connectivity index (χ2v) is 12.0. The summed E-state index contributed by atoms with van der Waals surface area (Å²) in [6.45, 7) is 7.33. The molecule has 0 spiro atoms. The molecule has 3 rings (SSSR count). The van der Waals surface area contributed by atoms with Crippen molar-refractivity contribution >= 4 is 17.8 Å². The van der Waals surface area contributed by atoms with Gasteiger partial charge in [-0.2, -0.15) is 0 Å². The molecule has 2 aliphatic rings. The number of piperidine rings is 1. The van der Waals surface area contributed by atoms with E-state index in [0.717, 1.165) is 36.9 Å². The average Bonchev–Trinajstić information content (AvgIpc) is 2.94. The number of nitrogens with one attached hydrogen (secondary N) is 1. The molecule has 0 aromatic heterocycles. The normalized spacial score (nSPS) is 21.8. The number of methoxy groups -OCH3 is 3. The third-order valence-electron chi connectivity index (χ3n) is 8.30. The van der Waals surface area contributed by atoms with Crippen LogP contribution in [-0.4, -0.2) is 50.6 Å². The van der Waals surface area contributed by atoms with Crippen molar-refractivity contribution in [3.8, 4) is 11.5 Å². The van der Waals surface area contributed by atoms with Crippen LogP contribution in [0.15, 0.2) is 30.0 Å². The number of carbonyl (C=O) groups is 3. The first-order valence-electron chi connectivity index (χ1n) is 14.7. The van der Waals surface area contributed by atoms with Gasteiger partial charge < -0.3 is 24.4 Å². The first-order valence-corrected chi connectivity index (χ1v) is 14.7. The van der Waals surface area contributed by atoms with Crippen molar-refractivity contribution in [2.24, 2.45) is 16.7 Å². The lowest BCUT2D eigenvalue weighted by Gasteiger charge is -2.51. The zero-order chi connectivity index (χ0) is 29.3. The second-order valence-electron chi connectivity index (χ2n) is 12.0. The molecule has 0 radical (unpaired) electrons. The maximum atomic E-state index is 13.8. The lowest BCUT2D eigenvalue weighted by molar-refractivity contribution is -0.162. The molecule has 1 saturated heterocycles. The number of unbranched alkanes of at least 4 members (excludes halogenated alkanes) is 5. The molecule has 8 heteroatoms. The highest BCUT2D eigenvalue weighted by molar-refractivity contribution is 5.92. The van der Waals surface area contributed by atoms with Crippen molar-refractivity contribution in [2.45, 2.75) is 91.5 Å². The fourth-order valence-corrected chi connectivity index (χ4v) is 6.32. The Morgan fingerprint density at radius 3 is 2.40 bits per heavy atom. The fraction of sp³-hybridized carbons (Fsp3) is 0.656. The first-order chi connectivity index (χ1) is 19.1. The summed E-state index contributed by atoms with van der Waals surface area (Å²) in [6.07, 6.45) is 10.4. The smallest absolute Gasteiger partial charge is 0.317 e. The Kier molecular flexibility index (Phi) is 11.1. The first kappa shape index (κ1) is 31.5. The Morgan fingerprint density at radius 1 is 1.02 bits per heavy atom. The predicted octanol–water partition coefficient (Wildman–Crippen LogP) is 5.78. The van der Waals surface area contributed by atoms with Crippen LogP contribution in [-0.2, 0) is 25.7 Å². The second kappa shape index (κ2) is 14.0. The Balaban J connectivity index is 1.78. The molecular weight excluding hydrogens is 508 g/mol. The van der Waals surface area contributed by atoms with Crippen molar-refractivity contribution in [2.75, 3.05) is 27.9 Å². The van der Waals surface area contributed by atoms with Crippen molar-refractivity contribution in [3.63, 3.8) is 0 Å². The van der Waals surface area contributed by atoms with Crippen molar-refractivity contribution in [1.82, 2.24) is 10.2 Å². The quantitative estimate of drug-likeness (QED) is 0.231. The van der Waals surface area contributed by atoms with Crippen molar-refractivity contribution in [3.05, 3.63) is 35.5 Å². The Bertz CT molecular complexity index is 1080. The summed E-state index contributed by atoms with van der Waals surface area (Å²) >= 11 is 0. The third kappa shape index (κ3) is 7.38. The molecule has 1 aliphatic carbocycles. The molecule has 1 aromatic rings. The summed E-state index contributed by atoms with van der Waals surface area (Å²) in [4.78, 5) is 42.2. The fourth-order valence-electron chi connectivity index (χ4n) is 6.32. The largest absolute Gasteiger partial charge is 0.493 e. The Labute approximate surface area is 239 Å². The molecule has 8 nitrogen and oxygen atoms in total. The van der Waals surface area contributed by atoms with E-state index in [-0.39, 0.29) is 36.0 Å². The number of nitrogens with zero attached hydrogens (tertiary/aromatic N) is 1. The summed E-state index contributed by atoms with van der Waals surface area (Å²) in [5.41, 5.74) is 0.584. The number of hydrogen-bond donors (Lipinski definition) is 1. The standard InChI is InChI=1S/C32H48N2O6/c1-7-8-9-10-11-12-17-34-27-15-16-31(2,3)22-32(27,30(37)40-6)20-24(29(34)36)19-28(35)33-21-23-13-14-25(38-4)26(18-23)39-5/h13-15,18,24H,7-12,16-17,19-22H2,1-6H3,(H,33,35)/t24-,32-/m1/s1. The summed E-state index contributed by atoms with van der Waals surface area (Å²) in [6, 6.07) is 5.48. The minimum absolute atomic E-state index is 0.0194. The molecule has 0 bridgehead atoms. The predicted molar refractivity (Wildman–Crippen MR) is 155 cm³/mol. The number of allylic oxidation sites excluding steroid dienone is 1. The number of rotatable bonds is 14. The van der Waals surface area contributed by atoms with E-state index < -0.39 is 11.3 Å². The molecule has 1 fully saturated rings. The van der Waals surface area contributed by atoms with Gasteiger partial charge in [0.15, 0.2) is 11.5 Å². The molecule has 1 aliphatic heterocycles. The van der Waals surface area contributed by atoms with Gasteiger partial charge in [0.05, 0.1) is 21.3 Å². The Hall–Kier alpha value is -3.03. The number of carbonyl (C=O) groups excluding carboxylic acids is 3. The van der Waals surface area contributed by atoms with Crippen LogP contribution in [0.1, 0.15) is 90.5 Å². The Morgan fingerprint density at radius 2 is 1.73 bits per heavy atom. The average molecular weight is 557 g/mol. The van der Waals surface area contributed by atoms with E-state index in [9.17, 15) is 14.4 Å². The highest BCUT2D eigenvalue weighted by atomic mass is 16.5. The van der Waals surface area contributed by atoms with Gasteiger partial charge in [0.1, 0.15) is 5.41 Å². The minimum Gasteiger partial charge on any atom is -0.493 e. The van der Waals surface area contributed by atoms with Crippen LogP contribution in [0, 0.1) is 16.7 Å². The maximum Gasteiger partial charge on any atom is 0.317 e. The third-order valence-corrected chi connectivity index (χ3v) is 8.30. The van der Waals surface area contributed by atoms with Gasteiger partial charge in [0, 0.05) is 31.1 Å². The molecule has 2 amide bonds. The summed E-state index contributed by atoms with van der Waals surface area (Å²) in [5.74, 6) is -0.0154. The molecule has 1 aromatic carbocycles. The number of hydrogen-bond acceptors (Lipinski definition) is 6. The van der Waals surface area contributed by atoms with E-state index in [1.54, 1.807) is 20.3 Å². The highest BCUT2D eigenvalue weighted by Crippen LogP contribution is 2.54. The van der Waals surface area contributed by atoms with Gasteiger partial charge in [0.2, 0.25) is 11.8 Å². The number of amides is 2. The number of ether oxygens (including phenoxy) is 3. The van der Waals surface area contributed by atoms with Crippen molar-refractivity contribution < 1.29 is 28.6 Å². The molecule has 2 atom stereocenters. The van der Waals surface area contributed by atoms with Gasteiger partial charge in [-0.05, 0) is 48.8 Å². The van der Waals surface area contributed by atoms with E-state index in [2.05, 4.69) is 32.2 Å². The monoisotopic (exact) mass is 556 g/mol. The minimum atomic E-state index is -0.930. The van der Waals surface area contributed by atoms with Crippen molar-refractivity contribution in [1.29, 1.82) is 0 Å². The molecular formula is C32H48N2O6. The van der Waals surface area contributed by atoms with Crippen LogP contribution in [0.4, 0.5) is 0 Å². The van der Waals surface area contributed by atoms with Gasteiger partial charge in [0.25, 0.3) is 0 Å². The topological polar surface area (TPSA) is 94.2 Å². The van der Waals surface area contributed by atoms with E-state index >= 15 is 0 Å². The maximum absolute atomic E-state index is 13.8. The number of likely N-dealkylation sites (tertiary alicyclic amines) is 1. The van der Waals surface area contributed by atoms with Gasteiger partial charge in [-0.1, -0.05) is 65.0 Å². The van der Waals surface area contributed by atoms with E-state index in [4.69, 9.17) is 14.2 Å². The van der Waals surface area contributed by atoms with E-state index in [1.807, 2.05) is 17.0 Å². The molecule has 1 N–H and O–H groups in total. The van der Waals surface area contributed by atoms with Crippen LogP contribution in [0.2, 0.25) is 0 Å². The molecule has 1 heterocycles. The van der Waals surface area contributed by atoms with E-state index in [0.29, 0.717) is 31.0 Å². The summed E-state index contributed by atoms with van der Waals surface area (Å²) in [7, 11) is 4.55. The lowest BCUT2D eigenvalue weighted by atomic mass is 9.59. The summed E-state index contributed by atoms with van der Waals surface area (Å²) < 4.78 is 16.0. The van der Waals surface area contributed by atoms with Crippen LogP contribution < -0.4 is 14.8 Å². The SMILES string of the molecule is CCCCCCCCN1C(=O)[C@H](CC(=O)NCc2ccc(OC)c(OC)c2)C[C@@]2(C(=O)OC)CC(C)(C)CC=C12. The number of fused-ring (bicyclic) bond motifs is 1. The summed E-state index contributed by atoms with van der Waals surface area (Å²) in [5, 5.41) is 2.95. The van der Waals surface area contributed by atoms with Gasteiger partial charge >= 0.3 is 5.97 Å². The van der Waals surface area contributed by atoms with Crippen LogP contribution >= 0.6 is 0 Å². The van der Waals surface area contributed by atoms with Crippen LogP contribution in [0.3, 0.4) is 0 Å². The molecule has 40 heavy (non-hydrogen) atoms. The number of benzene rings is 1. The zero-order valence-corrected chi connectivity index (χ0v) is 25.3. The van der Waals surface area contributed by atoms with Gasteiger partial charge in [-0.3, -0.25) is 14.4 Å². The van der Waals surface area contributed by atoms with Crippen LogP contribution in [0.25, 0.3) is 0 Å². The number of esters is 1. The highest BCUT2D eigenvalue weighted by Gasteiger charge is 2.57.